The topological polar surface area (TPSA) is 66.4 Å². The van der Waals surface area contributed by atoms with Gasteiger partial charge in [-0.25, -0.2) is 0 Å². The number of nitrogens with one attached hydrogen (secondary N) is 1. The summed E-state index contributed by atoms with van der Waals surface area (Å²) in [5.74, 6) is -1.33. The highest BCUT2D eigenvalue weighted by atomic mass is 127. The third-order valence-electron chi connectivity index (χ3n) is 3.17. The standard InChI is InChI=1S/C13H14Cl2INO3/c1-3-13(2,12(19)20)6-17-11(18)8-4-7(14)5-9(15)10(8)16/h4-5H,3,6H2,1-2H3,(H,17,18)(H,19,20). The van der Waals surface area contributed by atoms with E-state index in [9.17, 15) is 9.59 Å². The molecule has 0 heterocycles. The van der Waals surface area contributed by atoms with Crippen molar-refractivity contribution in [3.8, 4) is 0 Å². The van der Waals surface area contributed by atoms with Crippen LogP contribution in [0, 0.1) is 8.99 Å². The van der Waals surface area contributed by atoms with Crippen LogP contribution in [0.1, 0.15) is 30.6 Å². The van der Waals surface area contributed by atoms with Crippen LogP contribution in [0.5, 0.6) is 0 Å². The van der Waals surface area contributed by atoms with Gasteiger partial charge in [0.2, 0.25) is 0 Å². The summed E-state index contributed by atoms with van der Waals surface area (Å²) < 4.78 is 0.583. The molecule has 0 saturated carbocycles. The van der Waals surface area contributed by atoms with E-state index in [2.05, 4.69) is 5.32 Å². The number of hydrogen-bond acceptors (Lipinski definition) is 2. The summed E-state index contributed by atoms with van der Waals surface area (Å²) in [4.78, 5) is 23.3. The Morgan fingerprint density at radius 2 is 2.00 bits per heavy atom. The Labute approximate surface area is 141 Å². The number of carboxylic acid groups (broad SMARTS) is 1. The molecule has 0 bridgehead atoms. The summed E-state index contributed by atoms with van der Waals surface area (Å²) in [6, 6.07) is 3.06. The molecule has 1 rings (SSSR count). The van der Waals surface area contributed by atoms with Gasteiger partial charge < -0.3 is 10.4 Å². The second-order valence-electron chi connectivity index (χ2n) is 4.65. The van der Waals surface area contributed by atoms with Crippen molar-refractivity contribution in [1.29, 1.82) is 0 Å². The summed E-state index contributed by atoms with van der Waals surface area (Å²) in [5.41, 5.74) is -0.657. The third kappa shape index (κ3) is 3.99. The van der Waals surface area contributed by atoms with Gasteiger partial charge >= 0.3 is 5.97 Å². The highest BCUT2D eigenvalue weighted by molar-refractivity contribution is 14.1. The minimum atomic E-state index is -0.997. The van der Waals surface area contributed by atoms with Crippen molar-refractivity contribution in [2.75, 3.05) is 6.54 Å². The van der Waals surface area contributed by atoms with Crippen LogP contribution in [-0.4, -0.2) is 23.5 Å². The lowest BCUT2D eigenvalue weighted by atomic mass is 9.87. The number of carboxylic acids is 1. The largest absolute Gasteiger partial charge is 0.481 e. The Morgan fingerprint density at radius 1 is 1.40 bits per heavy atom. The Hall–Kier alpha value is -0.530. The molecule has 4 nitrogen and oxygen atoms in total. The van der Waals surface area contributed by atoms with Crippen molar-refractivity contribution in [1.82, 2.24) is 5.32 Å². The molecule has 1 aromatic rings. The molecule has 7 heteroatoms. The van der Waals surface area contributed by atoms with Crippen LogP contribution in [0.4, 0.5) is 0 Å². The van der Waals surface area contributed by atoms with Crippen molar-refractivity contribution in [3.05, 3.63) is 31.3 Å². The average Bonchev–Trinajstić information content (AvgIpc) is 2.39. The lowest BCUT2D eigenvalue weighted by Crippen LogP contribution is -2.40. The fraction of sp³-hybridized carbons (Fsp3) is 0.385. The maximum Gasteiger partial charge on any atom is 0.311 e. The van der Waals surface area contributed by atoms with Gasteiger partial charge in [-0.1, -0.05) is 30.1 Å². The smallest absolute Gasteiger partial charge is 0.311 e. The minimum Gasteiger partial charge on any atom is -0.481 e. The molecule has 0 aliphatic heterocycles. The summed E-state index contributed by atoms with van der Waals surface area (Å²) in [5, 5.41) is 12.5. The van der Waals surface area contributed by atoms with Gasteiger partial charge in [-0.15, -0.1) is 0 Å². The second-order valence-corrected chi connectivity index (χ2v) is 6.57. The van der Waals surface area contributed by atoms with Crippen LogP contribution in [0.3, 0.4) is 0 Å². The molecule has 2 N–H and O–H groups in total. The van der Waals surface area contributed by atoms with Crippen LogP contribution < -0.4 is 5.32 Å². The van der Waals surface area contributed by atoms with E-state index in [-0.39, 0.29) is 12.5 Å². The van der Waals surface area contributed by atoms with E-state index in [4.69, 9.17) is 28.3 Å². The first-order valence-corrected chi connectivity index (χ1v) is 7.71. The van der Waals surface area contributed by atoms with E-state index >= 15 is 0 Å². The average molecular weight is 430 g/mol. The van der Waals surface area contributed by atoms with Gasteiger partial charge in [-0.05, 0) is 48.1 Å². The van der Waals surface area contributed by atoms with Crippen LogP contribution >= 0.6 is 45.8 Å². The van der Waals surface area contributed by atoms with Crippen LogP contribution in [0.15, 0.2) is 12.1 Å². The van der Waals surface area contributed by atoms with Crippen LogP contribution in [0.25, 0.3) is 0 Å². The molecule has 0 aliphatic carbocycles. The van der Waals surface area contributed by atoms with Crippen LogP contribution in [0.2, 0.25) is 10.0 Å². The maximum absolute atomic E-state index is 12.1. The number of halogens is 3. The molecule has 1 unspecified atom stereocenters. The Morgan fingerprint density at radius 3 is 2.50 bits per heavy atom. The first-order chi connectivity index (χ1) is 9.21. The Balaban J connectivity index is 2.91. The molecule has 0 fully saturated rings. The number of amides is 1. The zero-order valence-electron chi connectivity index (χ0n) is 11.0. The first kappa shape index (κ1) is 17.5. The SMILES string of the molecule is CCC(C)(CNC(=O)c1cc(Cl)cc(Cl)c1I)C(=O)O. The van der Waals surface area contributed by atoms with Gasteiger partial charge in [0.15, 0.2) is 0 Å². The van der Waals surface area contributed by atoms with Crippen LogP contribution in [-0.2, 0) is 4.79 Å². The van der Waals surface area contributed by atoms with E-state index in [1.807, 2.05) is 22.6 Å². The first-order valence-electron chi connectivity index (χ1n) is 5.87. The third-order valence-corrected chi connectivity index (χ3v) is 5.17. The molecule has 1 atom stereocenters. The molecule has 110 valence electrons. The molecular weight excluding hydrogens is 416 g/mol. The molecule has 0 aromatic heterocycles. The number of carbonyl (C=O) groups excluding carboxylic acids is 1. The number of aliphatic carboxylic acids is 1. The molecule has 20 heavy (non-hydrogen) atoms. The van der Waals surface area contributed by atoms with Gasteiger partial charge in [-0.3, -0.25) is 9.59 Å². The summed E-state index contributed by atoms with van der Waals surface area (Å²) in [6.07, 6.45) is 0.413. The van der Waals surface area contributed by atoms with E-state index < -0.39 is 11.4 Å². The van der Waals surface area contributed by atoms with Crippen molar-refractivity contribution in [2.45, 2.75) is 20.3 Å². The Bertz CT molecular complexity index is 551. The molecule has 0 saturated heterocycles. The monoisotopic (exact) mass is 429 g/mol. The van der Waals surface area contributed by atoms with E-state index in [0.717, 1.165) is 0 Å². The summed E-state index contributed by atoms with van der Waals surface area (Å²) >= 11 is 13.8. The molecule has 1 aromatic carbocycles. The highest BCUT2D eigenvalue weighted by Gasteiger charge is 2.31. The number of benzene rings is 1. The van der Waals surface area contributed by atoms with Crippen molar-refractivity contribution in [2.24, 2.45) is 5.41 Å². The molecule has 0 radical (unpaired) electrons. The van der Waals surface area contributed by atoms with Crippen molar-refractivity contribution in [3.63, 3.8) is 0 Å². The van der Waals surface area contributed by atoms with Gasteiger partial charge in [0.1, 0.15) is 0 Å². The molecule has 0 aliphatic rings. The predicted molar refractivity (Wildman–Crippen MR) is 87.5 cm³/mol. The minimum absolute atomic E-state index is 0.0396. The van der Waals surface area contributed by atoms with E-state index in [1.165, 1.54) is 6.07 Å². The number of rotatable bonds is 5. The molecule has 0 spiro atoms. The molecular formula is C13H14Cl2INO3. The van der Waals surface area contributed by atoms with E-state index in [1.54, 1.807) is 19.9 Å². The van der Waals surface area contributed by atoms with Crippen molar-refractivity contribution < 1.29 is 14.7 Å². The van der Waals surface area contributed by atoms with Gasteiger partial charge in [0.25, 0.3) is 5.91 Å². The Kier molecular flexibility index (Phi) is 6.09. The zero-order chi connectivity index (χ0) is 15.5. The summed E-state index contributed by atoms with van der Waals surface area (Å²) in [6.45, 7) is 3.39. The van der Waals surface area contributed by atoms with Gasteiger partial charge in [0, 0.05) is 15.1 Å². The normalized spacial score (nSPS) is 13.7. The fourth-order valence-corrected chi connectivity index (χ4v) is 2.49. The lowest BCUT2D eigenvalue weighted by molar-refractivity contribution is -0.147. The van der Waals surface area contributed by atoms with E-state index in [0.29, 0.717) is 25.6 Å². The predicted octanol–water partition coefficient (Wildman–Crippen LogP) is 3.83. The van der Waals surface area contributed by atoms with Gasteiger partial charge in [0.05, 0.1) is 16.0 Å². The number of hydrogen-bond donors (Lipinski definition) is 2. The highest BCUT2D eigenvalue weighted by Crippen LogP contribution is 2.27. The lowest BCUT2D eigenvalue weighted by Gasteiger charge is -2.23. The maximum atomic E-state index is 12.1. The number of carbonyl (C=O) groups is 2. The molecule has 1 amide bonds. The van der Waals surface area contributed by atoms with Crippen molar-refractivity contribution >= 4 is 57.7 Å². The second kappa shape index (κ2) is 6.95. The van der Waals surface area contributed by atoms with Gasteiger partial charge in [-0.2, -0.15) is 0 Å². The fourth-order valence-electron chi connectivity index (χ4n) is 1.44. The quantitative estimate of drug-likeness (QED) is 0.552. The zero-order valence-corrected chi connectivity index (χ0v) is 14.6. The summed E-state index contributed by atoms with van der Waals surface area (Å²) in [7, 11) is 0.